The minimum absolute atomic E-state index is 0.0573. The van der Waals surface area contributed by atoms with Gasteiger partial charge in [-0.2, -0.15) is 0 Å². The van der Waals surface area contributed by atoms with Gasteiger partial charge in [0.05, 0.1) is 24.8 Å². The second-order valence-corrected chi connectivity index (χ2v) is 7.84. The SMILES string of the molecule is COc1ccc(CSc2nnc(-c3cccc(C)c3)n2Cc2ccco2)cc1[N+](=O)[O-]. The van der Waals surface area contributed by atoms with Crippen molar-refractivity contribution in [3.8, 4) is 17.1 Å². The predicted octanol–water partition coefficient (Wildman–Crippen LogP) is 5.10. The number of nitrogens with zero attached hydrogens (tertiary/aromatic N) is 4. The Bertz CT molecular complexity index is 1200. The quantitative estimate of drug-likeness (QED) is 0.215. The van der Waals surface area contributed by atoms with E-state index in [1.54, 1.807) is 12.3 Å². The number of thioether (sulfide) groups is 1. The zero-order valence-electron chi connectivity index (χ0n) is 17.0. The van der Waals surface area contributed by atoms with Gasteiger partial charge in [-0.1, -0.05) is 41.6 Å². The van der Waals surface area contributed by atoms with E-state index in [1.807, 2.05) is 47.9 Å². The van der Waals surface area contributed by atoms with Crippen LogP contribution in [0.2, 0.25) is 0 Å². The lowest BCUT2D eigenvalue weighted by Crippen LogP contribution is -2.03. The lowest BCUT2D eigenvalue weighted by molar-refractivity contribution is -0.385. The molecule has 2 aromatic heterocycles. The van der Waals surface area contributed by atoms with E-state index < -0.39 is 4.92 Å². The standard InChI is InChI=1S/C22H20N4O4S/c1-15-5-3-6-17(11-15)21-23-24-22(25(21)13-18-7-4-10-30-18)31-14-16-8-9-20(29-2)19(12-16)26(27)28/h3-12H,13-14H2,1-2H3. The lowest BCUT2D eigenvalue weighted by atomic mass is 10.1. The number of aryl methyl sites for hydroxylation is 1. The Morgan fingerprint density at radius 2 is 2.03 bits per heavy atom. The molecule has 0 amide bonds. The van der Waals surface area contributed by atoms with E-state index in [4.69, 9.17) is 9.15 Å². The van der Waals surface area contributed by atoms with Gasteiger partial charge in [0.15, 0.2) is 16.7 Å². The average molecular weight is 436 g/mol. The fourth-order valence-electron chi connectivity index (χ4n) is 3.21. The number of benzene rings is 2. The molecule has 4 aromatic rings. The van der Waals surface area contributed by atoms with Gasteiger partial charge in [0.25, 0.3) is 0 Å². The van der Waals surface area contributed by atoms with Crippen molar-refractivity contribution in [1.29, 1.82) is 0 Å². The molecule has 0 aliphatic rings. The van der Waals surface area contributed by atoms with Gasteiger partial charge in [-0.3, -0.25) is 14.7 Å². The highest BCUT2D eigenvalue weighted by atomic mass is 32.2. The maximum Gasteiger partial charge on any atom is 0.311 e. The van der Waals surface area contributed by atoms with Crippen molar-refractivity contribution in [3.05, 3.63) is 87.9 Å². The Kier molecular flexibility index (Phi) is 6.03. The topological polar surface area (TPSA) is 96.2 Å². The molecule has 31 heavy (non-hydrogen) atoms. The summed E-state index contributed by atoms with van der Waals surface area (Å²) in [6, 6.07) is 16.8. The van der Waals surface area contributed by atoms with E-state index in [0.29, 0.717) is 17.5 Å². The molecule has 2 aromatic carbocycles. The van der Waals surface area contributed by atoms with Gasteiger partial charge in [0.2, 0.25) is 0 Å². The van der Waals surface area contributed by atoms with Crippen LogP contribution >= 0.6 is 11.8 Å². The van der Waals surface area contributed by atoms with Crippen molar-refractivity contribution < 1.29 is 14.1 Å². The highest BCUT2D eigenvalue weighted by Gasteiger charge is 2.18. The molecular formula is C22H20N4O4S. The first-order valence-electron chi connectivity index (χ1n) is 9.52. The number of nitro groups is 1. The molecule has 9 heteroatoms. The van der Waals surface area contributed by atoms with Crippen LogP contribution in [0.5, 0.6) is 5.75 Å². The maximum absolute atomic E-state index is 11.3. The van der Waals surface area contributed by atoms with Gasteiger partial charge in [-0.25, -0.2) is 0 Å². The fraction of sp³-hybridized carbons (Fsp3) is 0.182. The largest absolute Gasteiger partial charge is 0.490 e. The summed E-state index contributed by atoms with van der Waals surface area (Å²) in [5.41, 5.74) is 2.83. The third kappa shape index (κ3) is 4.61. The molecule has 4 rings (SSSR count). The van der Waals surface area contributed by atoms with Gasteiger partial charge < -0.3 is 9.15 Å². The second-order valence-electron chi connectivity index (χ2n) is 6.89. The monoisotopic (exact) mass is 436 g/mol. The zero-order chi connectivity index (χ0) is 21.8. The Morgan fingerprint density at radius 3 is 2.74 bits per heavy atom. The van der Waals surface area contributed by atoms with E-state index in [2.05, 4.69) is 16.3 Å². The van der Waals surface area contributed by atoms with Gasteiger partial charge in [-0.05, 0) is 36.8 Å². The Morgan fingerprint density at radius 1 is 1.16 bits per heavy atom. The van der Waals surface area contributed by atoms with Gasteiger partial charge in [0.1, 0.15) is 5.76 Å². The number of rotatable bonds is 8. The van der Waals surface area contributed by atoms with Crippen LogP contribution in [0.15, 0.2) is 70.4 Å². The molecule has 0 bridgehead atoms. The first kappa shape index (κ1) is 20.7. The average Bonchev–Trinajstić information content (AvgIpc) is 3.42. The van der Waals surface area contributed by atoms with Crippen LogP contribution in [0.4, 0.5) is 5.69 Å². The summed E-state index contributed by atoms with van der Waals surface area (Å²) in [7, 11) is 1.42. The second kappa shape index (κ2) is 9.05. The van der Waals surface area contributed by atoms with E-state index in [9.17, 15) is 10.1 Å². The molecule has 2 heterocycles. The summed E-state index contributed by atoms with van der Waals surface area (Å²) in [6.45, 7) is 2.51. The smallest absolute Gasteiger partial charge is 0.311 e. The van der Waals surface area contributed by atoms with Crippen molar-refractivity contribution in [2.24, 2.45) is 0 Å². The molecular weight excluding hydrogens is 416 g/mol. The summed E-state index contributed by atoms with van der Waals surface area (Å²) in [6.07, 6.45) is 1.63. The molecule has 0 fully saturated rings. The summed E-state index contributed by atoms with van der Waals surface area (Å²) < 4.78 is 12.6. The number of aromatic nitrogens is 3. The minimum atomic E-state index is -0.442. The summed E-state index contributed by atoms with van der Waals surface area (Å²) in [5, 5.41) is 20.8. The Labute approximate surface area is 183 Å². The van der Waals surface area contributed by atoms with Crippen molar-refractivity contribution >= 4 is 17.4 Å². The number of furan rings is 1. The first-order valence-corrected chi connectivity index (χ1v) is 10.5. The number of methoxy groups -OCH3 is 1. The van der Waals surface area contributed by atoms with Crippen LogP contribution in [-0.4, -0.2) is 26.8 Å². The first-order chi connectivity index (χ1) is 15.0. The molecule has 0 N–H and O–H groups in total. The number of nitro benzene ring substituents is 1. The lowest BCUT2D eigenvalue weighted by Gasteiger charge is -2.10. The molecule has 0 unspecified atom stereocenters. The molecule has 158 valence electrons. The predicted molar refractivity (Wildman–Crippen MR) is 117 cm³/mol. The zero-order valence-corrected chi connectivity index (χ0v) is 17.8. The molecule has 0 saturated heterocycles. The maximum atomic E-state index is 11.3. The number of hydrogen-bond donors (Lipinski definition) is 0. The van der Waals surface area contributed by atoms with Gasteiger partial charge in [0, 0.05) is 17.4 Å². The molecule has 0 saturated carbocycles. The highest BCUT2D eigenvalue weighted by molar-refractivity contribution is 7.98. The van der Waals surface area contributed by atoms with E-state index in [1.165, 1.54) is 24.9 Å². The minimum Gasteiger partial charge on any atom is -0.490 e. The van der Waals surface area contributed by atoms with E-state index in [-0.39, 0.29) is 11.4 Å². The number of ether oxygens (including phenoxy) is 1. The molecule has 8 nitrogen and oxygen atoms in total. The van der Waals surface area contributed by atoms with Gasteiger partial charge >= 0.3 is 5.69 Å². The summed E-state index contributed by atoms with van der Waals surface area (Å²) >= 11 is 1.46. The van der Waals surface area contributed by atoms with Gasteiger partial charge in [-0.15, -0.1) is 10.2 Å². The number of hydrogen-bond acceptors (Lipinski definition) is 7. The highest BCUT2D eigenvalue weighted by Crippen LogP contribution is 2.32. The van der Waals surface area contributed by atoms with Crippen LogP contribution in [0, 0.1) is 17.0 Å². The van der Waals surface area contributed by atoms with Crippen LogP contribution in [0.1, 0.15) is 16.9 Å². The summed E-state index contributed by atoms with van der Waals surface area (Å²) in [4.78, 5) is 10.9. The van der Waals surface area contributed by atoms with Crippen LogP contribution in [-0.2, 0) is 12.3 Å². The molecule has 0 spiro atoms. The summed E-state index contributed by atoms with van der Waals surface area (Å²) in [5.74, 6) is 2.26. The van der Waals surface area contributed by atoms with Crippen molar-refractivity contribution in [1.82, 2.24) is 14.8 Å². The normalized spacial score (nSPS) is 10.9. The van der Waals surface area contributed by atoms with E-state index >= 15 is 0 Å². The molecule has 0 atom stereocenters. The molecule has 0 radical (unpaired) electrons. The van der Waals surface area contributed by atoms with Crippen LogP contribution < -0.4 is 4.74 Å². The Hall–Kier alpha value is -3.59. The third-order valence-corrected chi connectivity index (χ3v) is 5.73. The van der Waals surface area contributed by atoms with Crippen molar-refractivity contribution in [3.63, 3.8) is 0 Å². The third-order valence-electron chi connectivity index (χ3n) is 4.70. The van der Waals surface area contributed by atoms with Crippen molar-refractivity contribution in [2.45, 2.75) is 24.4 Å². The molecule has 0 aliphatic carbocycles. The van der Waals surface area contributed by atoms with Crippen LogP contribution in [0.3, 0.4) is 0 Å². The van der Waals surface area contributed by atoms with Crippen LogP contribution in [0.25, 0.3) is 11.4 Å². The fourth-order valence-corrected chi connectivity index (χ4v) is 4.09. The van der Waals surface area contributed by atoms with E-state index in [0.717, 1.165) is 28.3 Å². The molecule has 0 aliphatic heterocycles. The van der Waals surface area contributed by atoms with Crippen molar-refractivity contribution in [2.75, 3.05) is 7.11 Å². The Balaban J connectivity index is 1.64.